The highest BCUT2D eigenvalue weighted by molar-refractivity contribution is 7.89. The van der Waals surface area contributed by atoms with E-state index in [2.05, 4.69) is 4.98 Å². The van der Waals surface area contributed by atoms with Gasteiger partial charge in [-0.3, -0.25) is 9.78 Å². The third kappa shape index (κ3) is 5.18. The summed E-state index contributed by atoms with van der Waals surface area (Å²) >= 11 is 0. The largest absolute Gasteiger partial charge is 0.489 e. The van der Waals surface area contributed by atoms with Crippen LogP contribution in [0.3, 0.4) is 0 Å². The minimum Gasteiger partial charge on any atom is -0.489 e. The molecule has 0 N–H and O–H groups in total. The molecule has 172 valence electrons. The van der Waals surface area contributed by atoms with Crippen LogP contribution >= 0.6 is 0 Å². The minimum atomic E-state index is -4.21. The first-order valence-electron chi connectivity index (χ1n) is 10.2. The van der Waals surface area contributed by atoms with E-state index < -0.39 is 26.6 Å². The summed E-state index contributed by atoms with van der Waals surface area (Å²) in [6, 6.07) is 12.7. The molecule has 0 radical (unpaired) electrons. The molecular formula is C23H21F2N3O4S. The Kier molecular flexibility index (Phi) is 6.66. The maximum Gasteiger partial charge on any atom is 0.254 e. The summed E-state index contributed by atoms with van der Waals surface area (Å²) in [5.74, 6) is -1.60. The SMILES string of the molecule is O=C(c1cccc(OCc2cccnc2)c1)N1CCN(S(=O)(=O)c2cc(F)ccc2F)CC1. The smallest absolute Gasteiger partial charge is 0.254 e. The fourth-order valence-corrected chi connectivity index (χ4v) is 5.00. The number of hydrogen-bond donors (Lipinski definition) is 0. The number of carbonyl (C=O) groups excluding carboxylic acids is 1. The predicted molar refractivity (Wildman–Crippen MR) is 116 cm³/mol. The summed E-state index contributed by atoms with van der Waals surface area (Å²) in [4.78, 5) is 17.8. The molecule has 1 saturated heterocycles. The van der Waals surface area contributed by atoms with Crippen LogP contribution in [0, 0.1) is 11.6 Å². The van der Waals surface area contributed by atoms with Crippen molar-refractivity contribution in [3.8, 4) is 5.75 Å². The van der Waals surface area contributed by atoms with Gasteiger partial charge in [-0.2, -0.15) is 4.31 Å². The maximum atomic E-state index is 14.0. The highest BCUT2D eigenvalue weighted by atomic mass is 32.2. The Labute approximate surface area is 190 Å². The molecule has 1 amide bonds. The standard InChI is InChI=1S/C23H21F2N3O4S/c24-19-6-7-21(25)22(14-19)33(30,31)28-11-9-27(10-12-28)23(29)18-4-1-5-20(13-18)32-16-17-3-2-8-26-15-17/h1-8,13-15H,9-12,16H2. The molecule has 0 bridgehead atoms. The van der Waals surface area contributed by atoms with Gasteiger partial charge in [-0.1, -0.05) is 12.1 Å². The number of benzene rings is 2. The second-order valence-corrected chi connectivity index (χ2v) is 9.36. The number of sulfonamides is 1. The quantitative estimate of drug-likeness (QED) is 0.550. The van der Waals surface area contributed by atoms with Crippen molar-refractivity contribution < 1.29 is 26.7 Å². The lowest BCUT2D eigenvalue weighted by molar-refractivity contribution is 0.0697. The van der Waals surface area contributed by atoms with E-state index >= 15 is 0 Å². The molecule has 4 rings (SSSR count). The number of ether oxygens (including phenoxy) is 1. The highest BCUT2D eigenvalue weighted by Gasteiger charge is 2.32. The monoisotopic (exact) mass is 473 g/mol. The van der Waals surface area contributed by atoms with E-state index in [1.54, 1.807) is 42.7 Å². The molecular weight excluding hydrogens is 452 g/mol. The first-order chi connectivity index (χ1) is 15.8. The first kappa shape index (κ1) is 22.8. The van der Waals surface area contributed by atoms with E-state index in [-0.39, 0.29) is 32.1 Å². The Morgan fingerprint density at radius 2 is 1.79 bits per heavy atom. The third-order valence-electron chi connectivity index (χ3n) is 5.25. The van der Waals surface area contributed by atoms with Crippen LogP contribution in [0.25, 0.3) is 0 Å². The van der Waals surface area contributed by atoms with Crippen molar-refractivity contribution in [3.63, 3.8) is 0 Å². The van der Waals surface area contributed by atoms with Crippen molar-refractivity contribution in [1.82, 2.24) is 14.2 Å². The number of halogens is 2. The van der Waals surface area contributed by atoms with Gasteiger partial charge in [0.1, 0.15) is 28.9 Å². The summed E-state index contributed by atoms with van der Waals surface area (Å²) < 4.78 is 59.7. The van der Waals surface area contributed by atoms with Gasteiger partial charge in [0.05, 0.1) is 0 Å². The average Bonchev–Trinajstić information content (AvgIpc) is 2.84. The number of pyridine rings is 1. The Morgan fingerprint density at radius 3 is 2.52 bits per heavy atom. The summed E-state index contributed by atoms with van der Waals surface area (Å²) in [5, 5.41) is 0. The topological polar surface area (TPSA) is 79.8 Å². The number of piperazine rings is 1. The van der Waals surface area contributed by atoms with Gasteiger partial charge in [0.2, 0.25) is 10.0 Å². The van der Waals surface area contributed by atoms with E-state index in [4.69, 9.17) is 4.74 Å². The second kappa shape index (κ2) is 9.63. The lowest BCUT2D eigenvalue weighted by Gasteiger charge is -2.34. The molecule has 7 nitrogen and oxygen atoms in total. The number of nitrogens with zero attached hydrogens (tertiary/aromatic N) is 3. The van der Waals surface area contributed by atoms with Crippen LogP contribution < -0.4 is 4.74 Å². The molecule has 0 saturated carbocycles. The van der Waals surface area contributed by atoms with Gasteiger partial charge < -0.3 is 9.64 Å². The van der Waals surface area contributed by atoms with E-state index in [0.717, 1.165) is 22.0 Å². The van der Waals surface area contributed by atoms with Crippen molar-refractivity contribution in [1.29, 1.82) is 0 Å². The third-order valence-corrected chi connectivity index (χ3v) is 7.16. The summed E-state index contributed by atoms with van der Waals surface area (Å²) in [6.07, 6.45) is 3.36. The van der Waals surface area contributed by atoms with Gasteiger partial charge >= 0.3 is 0 Å². The highest BCUT2D eigenvalue weighted by Crippen LogP contribution is 2.23. The van der Waals surface area contributed by atoms with Crippen molar-refractivity contribution in [2.24, 2.45) is 0 Å². The molecule has 0 atom stereocenters. The molecule has 0 aliphatic carbocycles. The second-order valence-electron chi connectivity index (χ2n) is 7.45. The predicted octanol–water partition coefficient (Wildman–Crippen LogP) is 3.09. The average molecular weight is 474 g/mol. The van der Waals surface area contributed by atoms with Gasteiger partial charge in [-0.15, -0.1) is 0 Å². The number of amides is 1. The van der Waals surface area contributed by atoms with E-state index in [1.807, 2.05) is 6.07 Å². The number of rotatable bonds is 6. The van der Waals surface area contributed by atoms with Crippen molar-refractivity contribution >= 4 is 15.9 Å². The molecule has 0 spiro atoms. The zero-order valence-electron chi connectivity index (χ0n) is 17.5. The Bertz CT molecular complexity index is 1250. The number of hydrogen-bond acceptors (Lipinski definition) is 5. The van der Waals surface area contributed by atoms with E-state index in [1.165, 1.54) is 4.90 Å². The summed E-state index contributed by atoms with van der Waals surface area (Å²) in [7, 11) is -4.21. The molecule has 3 aromatic rings. The summed E-state index contributed by atoms with van der Waals surface area (Å²) in [6.45, 7) is 0.493. The molecule has 0 unspecified atom stereocenters. The van der Waals surface area contributed by atoms with Crippen LogP contribution in [0.15, 0.2) is 71.9 Å². The lowest BCUT2D eigenvalue weighted by Crippen LogP contribution is -2.50. The van der Waals surface area contributed by atoms with E-state index in [0.29, 0.717) is 24.0 Å². The van der Waals surface area contributed by atoms with E-state index in [9.17, 15) is 22.0 Å². The van der Waals surface area contributed by atoms with Crippen LogP contribution in [-0.4, -0.2) is 54.7 Å². The lowest BCUT2D eigenvalue weighted by atomic mass is 10.1. The molecule has 1 aliphatic rings. The van der Waals surface area contributed by atoms with Gasteiger partial charge in [-0.05, 0) is 42.5 Å². The number of carbonyl (C=O) groups is 1. The Balaban J connectivity index is 1.40. The minimum absolute atomic E-state index is 0.0266. The molecule has 10 heteroatoms. The first-order valence-corrected chi connectivity index (χ1v) is 11.6. The maximum absolute atomic E-state index is 14.0. The Hall–Kier alpha value is -3.37. The molecule has 1 fully saturated rings. The molecule has 2 heterocycles. The van der Waals surface area contributed by atoms with Crippen molar-refractivity contribution in [3.05, 3.63) is 89.8 Å². The zero-order chi connectivity index (χ0) is 23.4. The molecule has 33 heavy (non-hydrogen) atoms. The zero-order valence-corrected chi connectivity index (χ0v) is 18.3. The molecule has 2 aromatic carbocycles. The van der Waals surface area contributed by atoms with Crippen LogP contribution in [-0.2, 0) is 16.6 Å². The van der Waals surface area contributed by atoms with Crippen LogP contribution in [0.2, 0.25) is 0 Å². The van der Waals surface area contributed by atoms with Crippen molar-refractivity contribution in [2.45, 2.75) is 11.5 Å². The van der Waals surface area contributed by atoms with Gasteiger partial charge in [0.25, 0.3) is 5.91 Å². The normalized spacial score (nSPS) is 14.8. The van der Waals surface area contributed by atoms with Gasteiger partial charge in [0.15, 0.2) is 0 Å². The summed E-state index contributed by atoms with van der Waals surface area (Å²) in [5.41, 5.74) is 1.30. The van der Waals surface area contributed by atoms with Gasteiger partial charge in [0, 0.05) is 49.7 Å². The van der Waals surface area contributed by atoms with Crippen LogP contribution in [0.4, 0.5) is 8.78 Å². The van der Waals surface area contributed by atoms with Crippen LogP contribution in [0.5, 0.6) is 5.75 Å². The fraction of sp³-hybridized carbons (Fsp3) is 0.217. The van der Waals surface area contributed by atoms with Crippen LogP contribution in [0.1, 0.15) is 15.9 Å². The van der Waals surface area contributed by atoms with Crippen molar-refractivity contribution in [2.75, 3.05) is 26.2 Å². The number of aromatic nitrogens is 1. The Morgan fingerprint density at radius 1 is 1.00 bits per heavy atom. The fourth-order valence-electron chi connectivity index (χ4n) is 3.50. The van der Waals surface area contributed by atoms with Gasteiger partial charge in [-0.25, -0.2) is 17.2 Å². The molecule has 1 aromatic heterocycles. The molecule has 1 aliphatic heterocycles.